The van der Waals surface area contributed by atoms with Crippen LogP contribution in [0.15, 0.2) is 84.1 Å². The van der Waals surface area contributed by atoms with Crippen LogP contribution in [0, 0.1) is 16.7 Å². The van der Waals surface area contributed by atoms with Gasteiger partial charge in [0, 0.05) is 32.0 Å². The lowest BCUT2D eigenvalue weighted by atomic mass is 9.75. The molecule has 4 rings (SSSR count). The number of amides is 1. The van der Waals surface area contributed by atoms with Gasteiger partial charge in [-0.2, -0.15) is 10.4 Å². The van der Waals surface area contributed by atoms with E-state index in [1.54, 1.807) is 9.91 Å². The third-order valence-electron chi connectivity index (χ3n) is 6.87. The predicted octanol–water partition coefficient (Wildman–Crippen LogP) is 6.14. The van der Waals surface area contributed by atoms with Crippen molar-refractivity contribution in [2.24, 2.45) is 10.5 Å². The smallest absolute Gasteiger partial charge is 0.411 e. The summed E-state index contributed by atoms with van der Waals surface area (Å²) in [5.41, 5.74) is 3.21. The minimum atomic E-state index is -0.820. The van der Waals surface area contributed by atoms with Gasteiger partial charge in [0.15, 0.2) is 0 Å². The molecule has 0 aliphatic carbocycles. The molecule has 2 aliphatic heterocycles. The number of hydrazone groups is 1. The second-order valence-electron chi connectivity index (χ2n) is 9.98. The van der Waals surface area contributed by atoms with Crippen molar-refractivity contribution in [3.8, 4) is 6.07 Å². The summed E-state index contributed by atoms with van der Waals surface area (Å²) in [6.07, 6.45) is 4.60. The number of ether oxygens (including phenoxy) is 1. The molecule has 35 heavy (non-hydrogen) atoms. The number of benzene rings is 2. The molecule has 0 aromatic heterocycles. The first-order valence-electron chi connectivity index (χ1n) is 11.9. The van der Waals surface area contributed by atoms with Crippen LogP contribution in [-0.4, -0.2) is 35.3 Å². The van der Waals surface area contributed by atoms with Crippen LogP contribution in [-0.2, 0) is 10.3 Å². The summed E-state index contributed by atoms with van der Waals surface area (Å²) in [4.78, 5) is 15.1. The summed E-state index contributed by atoms with van der Waals surface area (Å²) in [5, 5.41) is 16.0. The summed E-state index contributed by atoms with van der Waals surface area (Å²) in [7, 11) is 1.87. The van der Waals surface area contributed by atoms with Gasteiger partial charge in [0.2, 0.25) is 0 Å². The van der Waals surface area contributed by atoms with Crippen LogP contribution in [0.3, 0.4) is 0 Å². The molecular weight excluding hydrogens is 436 g/mol. The van der Waals surface area contributed by atoms with Gasteiger partial charge in [-0.15, -0.1) is 0 Å². The molecule has 0 unspecified atom stereocenters. The fourth-order valence-electron chi connectivity index (χ4n) is 4.75. The summed E-state index contributed by atoms with van der Waals surface area (Å²) >= 11 is 0. The largest absolute Gasteiger partial charge is 0.438 e. The number of nitrogens with zero attached hydrogens (tertiary/aromatic N) is 4. The molecule has 2 atom stereocenters. The first kappa shape index (κ1) is 24.3. The fourth-order valence-corrected chi connectivity index (χ4v) is 4.75. The Labute approximate surface area is 207 Å². The number of likely N-dealkylation sites (N-methyl/N-ethyl adjacent to an activating group) is 1. The van der Waals surface area contributed by atoms with Gasteiger partial charge < -0.3 is 9.64 Å². The predicted molar refractivity (Wildman–Crippen MR) is 137 cm³/mol. The van der Waals surface area contributed by atoms with Crippen LogP contribution in [0.4, 0.5) is 4.79 Å². The number of allylic oxidation sites excluding steroid dienone is 2. The topological polar surface area (TPSA) is 68.9 Å². The lowest BCUT2D eigenvalue weighted by Crippen LogP contribution is -2.50. The molecule has 6 nitrogen and oxygen atoms in total. The molecule has 0 bridgehead atoms. The van der Waals surface area contributed by atoms with E-state index in [1.165, 1.54) is 0 Å². The first-order valence-corrected chi connectivity index (χ1v) is 11.9. The van der Waals surface area contributed by atoms with Gasteiger partial charge in [-0.1, -0.05) is 61.2 Å². The van der Waals surface area contributed by atoms with Gasteiger partial charge in [-0.3, -0.25) is 5.01 Å². The average Bonchev–Trinajstić information content (AvgIpc) is 2.86. The highest BCUT2D eigenvalue weighted by atomic mass is 16.6. The van der Waals surface area contributed by atoms with Crippen LogP contribution in [0.1, 0.15) is 56.3 Å². The molecule has 0 radical (unpaired) electrons. The summed E-state index contributed by atoms with van der Waals surface area (Å²) in [5.74, 6) is 0. The second kappa shape index (κ2) is 9.42. The molecule has 2 aromatic rings. The third-order valence-corrected chi connectivity index (χ3v) is 6.87. The quantitative estimate of drug-likeness (QED) is 0.510. The van der Waals surface area contributed by atoms with Crippen molar-refractivity contribution >= 4 is 11.8 Å². The molecule has 2 aliphatic rings. The van der Waals surface area contributed by atoms with Crippen molar-refractivity contribution in [1.82, 2.24) is 9.91 Å². The molecule has 2 aromatic carbocycles. The van der Waals surface area contributed by atoms with E-state index in [1.807, 2.05) is 94.6 Å². The van der Waals surface area contributed by atoms with Crippen molar-refractivity contribution in [3.63, 3.8) is 0 Å². The van der Waals surface area contributed by atoms with E-state index in [0.717, 1.165) is 28.1 Å². The summed E-state index contributed by atoms with van der Waals surface area (Å²) in [6, 6.07) is 20.1. The van der Waals surface area contributed by atoms with E-state index in [-0.39, 0.29) is 12.1 Å². The lowest BCUT2D eigenvalue weighted by molar-refractivity contribution is -0.0770. The molecular formula is C29H32N4O2. The number of hydrogen-bond acceptors (Lipinski definition) is 5. The minimum absolute atomic E-state index is 0.152. The van der Waals surface area contributed by atoms with E-state index in [0.29, 0.717) is 19.4 Å². The van der Waals surface area contributed by atoms with Crippen molar-refractivity contribution in [1.29, 1.82) is 5.26 Å². The van der Waals surface area contributed by atoms with E-state index in [9.17, 15) is 10.1 Å². The second-order valence-corrected chi connectivity index (χ2v) is 9.98. The molecule has 0 spiro atoms. The Morgan fingerprint density at radius 3 is 2.46 bits per heavy atom. The fraction of sp³-hybridized carbons (Fsp3) is 0.345. The van der Waals surface area contributed by atoms with Crippen LogP contribution in [0.5, 0.6) is 0 Å². The SMILES string of the molecule is C=C1C=CC(c2ccc([C@H](C)N3CC[C@](CC(C)(C)C#N)(c4ccccc4)OC3=O)cc2)=NN1C. The van der Waals surface area contributed by atoms with Gasteiger partial charge in [0.05, 0.1) is 28.9 Å². The van der Waals surface area contributed by atoms with Gasteiger partial charge in [0.25, 0.3) is 0 Å². The highest BCUT2D eigenvalue weighted by molar-refractivity contribution is 6.09. The number of carbonyl (C=O) groups is 1. The lowest BCUT2D eigenvalue weighted by Gasteiger charge is -2.45. The third kappa shape index (κ3) is 5.00. The van der Waals surface area contributed by atoms with Crippen molar-refractivity contribution in [2.75, 3.05) is 13.6 Å². The monoisotopic (exact) mass is 468 g/mol. The number of cyclic esters (lactones) is 1. The van der Waals surface area contributed by atoms with Gasteiger partial charge >= 0.3 is 6.09 Å². The normalized spacial score (nSPS) is 21.3. The molecule has 1 amide bonds. The zero-order valence-electron chi connectivity index (χ0n) is 20.9. The van der Waals surface area contributed by atoms with Crippen molar-refractivity contribution in [3.05, 3.63) is 95.7 Å². The van der Waals surface area contributed by atoms with E-state index in [2.05, 4.69) is 17.7 Å². The Bertz CT molecular complexity index is 1210. The maximum Gasteiger partial charge on any atom is 0.411 e. The maximum atomic E-state index is 13.3. The minimum Gasteiger partial charge on any atom is -0.438 e. The summed E-state index contributed by atoms with van der Waals surface area (Å²) in [6.45, 7) is 10.3. The first-order chi connectivity index (χ1) is 16.6. The van der Waals surface area contributed by atoms with Gasteiger partial charge in [-0.05, 0) is 44.1 Å². The number of hydrogen-bond donors (Lipinski definition) is 0. The standard InChI is InChI=1S/C29H32N4O2/c1-21-11-16-26(31-32(21)5)24-14-12-23(13-15-24)22(2)33-18-17-29(35-27(33)34,19-28(3,4)20-30)25-9-7-6-8-10-25/h6-16,22H,1,17-19H2,2-5H3/t22-,29-/m0/s1. The molecule has 1 fully saturated rings. The number of carbonyl (C=O) groups excluding carboxylic acids is 1. The Kier molecular flexibility index (Phi) is 6.53. The zero-order valence-corrected chi connectivity index (χ0v) is 20.9. The summed E-state index contributed by atoms with van der Waals surface area (Å²) < 4.78 is 6.19. The molecule has 1 saturated heterocycles. The molecule has 0 saturated carbocycles. The Balaban J connectivity index is 1.53. The highest BCUT2D eigenvalue weighted by Crippen LogP contribution is 2.44. The Morgan fingerprint density at radius 1 is 1.17 bits per heavy atom. The average molecular weight is 469 g/mol. The zero-order chi connectivity index (χ0) is 25.2. The highest BCUT2D eigenvalue weighted by Gasteiger charge is 2.46. The van der Waals surface area contributed by atoms with Crippen LogP contribution in [0.2, 0.25) is 0 Å². The van der Waals surface area contributed by atoms with E-state index < -0.39 is 11.0 Å². The van der Waals surface area contributed by atoms with Crippen LogP contribution in [0.25, 0.3) is 0 Å². The Hall–Kier alpha value is -3.85. The van der Waals surface area contributed by atoms with E-state index in [4.69, 9.17) is 4.74 Å². The van der Waals surface area contributed by atoms with Crippen molar-refractivity contribution in [2.45, 2.75) is 45.3 Å². The molecule has 6 heteroatoms. The molecule has 180 valence electrons. The van der Waals surface area contributed by atoms with Gasteiger partial charge in [0.1, 0.15) is 5.60 Å². The van der Waals surface area contributed by atoms with Crippen molar-refractivity contribution < 1.29 is 9.53 Å². The maximum absolute atomic E-state index is 13.3. The Morgan fingerprint density at radius 2 is 1.86 bits per heavy atom. The van der Waals surface area contributed by atoms with Crippen LogP contribution >= 0.6 is 0 Å². The molecule has 2 heterocycles. The molecule has 0 N–H and O–H groups in total. The number of rotatable bonds is 6. The number of nitriles is 1. The van der Waals surface area contributed by atoms with Crippen LogP contribution < -0.4 is 0 Å². The van der Waals surface area contributed by atoms with E-state index >= 15 is 0 Å². The van der Waals surface area contributed by atoms with Gasteiger partial charge in [-0.25, -0.2) is 4.79 Å².